The van der Waals surface area contributed by atoms with Gasteiger partial charge in [-0.2, -0.15) is 0 Å². The van der Waals surface area contributed by atoms with Crippen molar-refractivity contribution in [1.29, 1.82) is 0 Å². The molecule has 0 heterocycles. The van der Waals surface area contributed by atoms with Gasteiger partial charge in [0, 0.05) is 5.69 Å². The Morgan fingerprint density at radius 3 is 0.966 bits per heavy atom. The first-order valence-electron chi connectivity index (χ1n) is 10.6. The zero-order valence-electron chi connectivity index (χ0n) is 19.8. The standard InChI is InChI=1S/C28H35N/c1-16-18(3)22(7)27(23(8)19(16)4)29(26-14-12-11-13-15-26)28-24(9)20(5)17(2)21(6)25(28)10/h11-15H,1-10H3. The fourth-order valence-corrected chi connectivity index (χ4v) is 4.58. The molecule has 0 saturated heterocycles. The first-order valence-corrected chi connectivity index (χ1v) is 10.6. The molecule has 0 amide bonds. The largest absolute Gasteiger partial charge is 0.309 e. The van der Waals surface area contributed by atoms with E-state index in [0.717, 1.165) is 0 Å². The average Bonchev–Trinajstić information content (AvgIpc) is 2.73. The number of para-hydroxylation sites is 1. The van der Waals surface area contributed by atoms with Crippen LogP contribution in [0.4, 0.5) is 17.1 Å². The molecule has 0 N–H and O–H groups in total. The maximum Gasteiger partial charge on any atom is 0.0525 e. The number of nitrogens with zero attached hydrogens (tertiary/aromatic N) is 1. The highest BCUT2D eigenvalue weighted by molar-refractivity contribution is 5.86. The summed E-state index contributed by atoms with van der Waals surface area (Å²) in [4.78, 5) is 2.51. The molecule has 1 heteroatoms. The molecule has 1 nitrogen and oxygen atoms in total. The third-order valence-electron chi connectivity index (χ3n) is 7.38. The van der Waals surface area contributed by atoms with Crippen LogP contribution in [-0.4, -0.2) is 0 Å². The van der Waals surface area contributed by atoms with E-state index in [2.05, 4.69) is 104 Å². The van der Waals surface area contributed by atoms with Gasteiger partial charge in [-0.1, -0.05) is 18.2 Å². The SMILES string of the molecule is Cc1c(C)c(C)c(N(c2ccccc2)c2c(C)c(C)c(C)c(C)c2C)c(C)c1C. The van der Waals surface area contributed by atoms with Crippen molar-refractivity contribution in [2.45, 2.75) is 69.2 Å². The van der Waals surface area contributed by atoms with Crippen molar-refractivity contribution in [3.63, 3.8) is 0 Å². The molecule has 0 unspecified atom stereocenters. The molecule has 0 bridgehead atoms. The third kappa shape index (κ3) is 3.27. The Bertz CT molecular complexity index is 960. The van der Waals surface area contributed by atoms with Crippen LogP contribution in [0.2, 0.25) is 0 Å². The van der Waals surface area contributed by atoms with Gasteiger partial charge < -0.3 is 4.90 Å². The van der Waals surface area contributed by atoms with E-state index in [-0.39, 0.29) is 0 Å². The topological polar surface area (TPSA) is 3.24 Å². The molecule has 0 atom stereocenters. The zero-order chi connectivity index (χ0) is 21.6. The van der Waals surface area contributed by atoms with Crippen LogP contribution in [0.3, 0.4) is 0 Å². The Hall–Kier alpha value is -2.54. The highest BCUT2D eigenvalue weighted by Gasteiger charge is 2.25. The minimum atomic E-state index is 1.22. The zero-order valence-corrected chi connectivity index (χ0v) is 19.8. The van der Waals surface area contributed by atoms with Crippen LogP contribution in [0.25, 0.3) is 0 Å². The molecule has 0 aliphatic carbocycles. The lowest BCUT2D eigenvalue weighted by Gasteiger charge is -2.34. The van der Waals surface area contributed by atoms with Gasteiger partial charge in [-0.25, -0.2) is 0 Å². The van der Waals surface area contributed by atoms with E-state index in [1.165, 1.54) is 72.7 Å². The van der Waals surface area contributed by atoms with Crippen molar-refractivity contribution in [2.24, 2.45) is 0 Å². The van der Waals surface area contributed by atoms with Gasteiger partial charge in [-0.15, -0.1) is 0 Å². The van der Waals surface area contributed by atoms with Crippen LogP contribution in [0, 0.1) is 69.2 Å². The normalized spacial score (nSPS) is 11.1. The summed E-state index contributed by atoms with van der Waals surface area (Å²) in [7, 11) is 0. The van der Waals surface area contributed by atoms with Gasteiger partial charge >= 0.3 is 0 Å². The van der Waals surface area contributed by atoms with Gasteiger partial charge in [0.15, 0.2) is 0 Å². The molecule has 3 aromatic carbocycles. The van der Waals surface area contributed by atoms with Crippen LogP contribution >= 0.6 is 0 Å². The van der Waals surface area contributed by atoms with Crippen molar-refractivity contribution in [1.82, 2.24) is 0 Å². The summed E-state index contributed by atoms with van der Waals surface area (Å²) in [5.41, 5.74) is 17.7. The van der Waals surface area contributed by atoms with Gasteiger partial charge in [-0.05, 0) is 137 Å². The molecule has 3 aromatic rings. The molecule has 0 aromatic heterocycles. The Morgan fingerprint density at radius 1 is 0.379 bits per heavy atom. The number of rotatable bonds is 3. The molecule has 0 aliphatic rings. The third-order valence-corrected chi connectivity index (χ3v) is 7.38. The molecule has 152 valence electrons. The fourth-order valence-electron chi connectivity index (χ4n) is 4.58. The van der Waals surface area contributed by atoms with Crippen LogP contribution in [0.1, 0.15) is 55.6 Å². The Morgan fingerprint density at radius 2 is 0.655 bits per heavy atom. The minimum Gasteiger partial charge on any atom is -0.309 e. The van der Waals surface area contributed by atoms with Crippen LogP contribution in [0.15, 0.2) is 30.3 Å². The number of hydrogen-bond donors (Lipinski definition) is 0. The smallest absolute Gasteiger partial charge is 0.0525 e. The van der Waals surface area contributed by atoms with Crippen molar-refractivity contribution in [3.8, 4) is 0 Å². The molecule has 0 radical (unpaired) electrons. The lowest BCUT2D eigenvalue weighted by Crippen LogP contribution is -2.18. The van der Waals surface area contributed by atoms with Crippen molar-refractivity contribution < 1.29 is 0 Å². The van der Waals surface area contributed by atoms with E-state index in [1.807, 2.05) is 0 Å². The van der Waals surface area contributed by atoms with Gasteiger partial charge in [0.1, 0.15) is 0 Å². The number of anilines is 3. The molecular formula is C28H35N. The average molecular weight is 386 g/mol. The maximum absolute atomic E-state index is 2.51. The second kappa shape index (κ2) is 7.71. The highest BCUT2D eigenvalue weighted by atomic mass is 15.2. The first kappa shape index (κ1) is 21.2. The quantitative estimate of drug-likeness (QED) is 0.439. The summed E-state index contributed by atoms with van der Waals surface area (Å²) >= 11 is 0. The number of hydrogen-bond acceptors (Lipinski definition) is 1. The first-order chi connectivity index (χ1) is 13.6. The molecule has 0 saturated carbocycles. The van der Waals surface area contributed by atoms with E-state index in [4.69, 9.17) is 0 Å². The van der Waals surface area contributed by atoms with Crippen LogP contribution in [-0.2, 0) is 0 Å². The second-order valence-corrected chi connectivity index (χ2v) is 8.62. The Labute approximate surface area is 177 Å². The van der Waals surface area contributed by atoms with Crippen LogP contribution in [0.5, 0.6) is 0 Å². The molecule has 0 spiro atoms. The monoisotopic (exact) mass is 385 g/mol. The summed E-state index contributed by atoms with van der Waals surface area (Å²) < 4.78 is 0. The van der Waals surface area contributed by atoms with Crippen molar-refractivity contribution in [2.75, 3.05) is 4.90 Å². The van der Waals surface area contributed by atoms with Gasteiger partial charge in [-0.3, -0.25) is 0 Å². The highest BCUT2D eigenvalue weighted by Crippen LogP contribution is 2.46. The Balaban J connectivity index is 2.50. The predicted molar refractivity (Wildman–Crippen MR) is 128 cm³/mol. The summed E-state index contributed by atoms with van der Waals surface area (Å²) in [6.07, 6.45) is 0. The van der Waals surface area contributed by atoms with E-state index in [0.29, 0.717) is 0 Å². The van der Waals surface area contributed by atoms with E-state index in [1.54, 1.807) is 0 Å². The number of benzene rings is 3. The lowest BCUT2D eigenvalue weighted by molar-refractivity contribution is 1.09. The lowest BCUT2D eigenvalue weighted by atomic mass is 9.89. The molecule has 3 rings (SSSR count). The molecule has 29 heavy (non-hydrogen) atoms. The Kier molecular flexibility index (Phi) is 5.63. The fraction of sp³-hybridized carbons (Fsp3) is 0.357. The summed E-state index contributed by atoms with van der Waals surface area (Å²) in [5.74, 6) is 0. The molecular weight excluding hydrogens is 350 g/mol. The van der Waals surface area contributed by atoms with Crippen molar-refractivity contribution >= 4 is 17.1 Å². The van der Waals surface area contributed by atoms with Crippen LogP contribution < -0.4 is 4.90 Å². The molecule has 0 fully saturated rings. The van der Waals surface area contributed by atoms with Gasteiger partial charge in [0.05, 0.1) is 11.4 Å². The summed E-state index contributed by atoms with van der Waals surface area (Å²) in [5, 5.41) is 0. The summed E-state index contributed by atoms with van der Waals surface area (Å²) in [6.45, 7) is 22.6. The van der Waals surface area contributed by atoms with Gasteiger partial charge in [0.25, 0.3) is 0 Å². The minimum absolute atomic E-state index is 1.22. The van der Waals surface area contributed by atoms with E-state index >= 15 is 0 Å². The van der Waals surface area contributed by atoms with Gasteiger partial charge in [0.2, 0.25) is 0 Å². The van der Waals surface area contributed by atoms with Crippen molar-refractivity contribution in [3.05, 3.63) is 86.0 Å². The summed E-state index contributed by atoms with van der Waals surface area (Å²) in [6, 6.07) is 10.8. The van der Waals surface area contributed by atoms with E-state index < -0.39 is 0 Å². The second-order valence-electron chi connectivity index (χ2n) is 8.62. The van der Waals surface area contributed by atoms with E-state index in [9.17, 15) is 0 Å². The molecule has 0 aliphatic heterocycles. The maximum atomic E-state index is 2.51. The predicted octanol–water partition coefficient (Wildman–Crippen LogP) is 8.24.